The van der Waals surface area contributed by atoms with E-state index < -0.39 is 20.8 Å². The van der Waals surface area contributed by atoms with Crippen molar-refractivity contribution in [3.05, 3.63) is 102 Å². The van der Waals surface area contributed by atoms with Gasteiger partial charge in [0.25, 0.3) is 0 Å². The average Bonchev–Trinajstić information content (AvgIpc) is 3.26. The first-order chi connectivity index (χ1) is 16.0. The fraction of sp³-hybridized carbons (Fsp3) is 0.222. The highest BCUT2D eigenvalue weighted by atomic mass is 35.5. The minimum atomic E-state index is -3.29. The van der Waals surface area contributed by atoms with E-state index in [2.05, 4.69) is 4.98 Å². The maximum absolute atomic E-state index is 11.9. The fourth-order valence-electron chi connectivity index (χ4n) is 3.75. The second-order valence-electron chi connectivity index (χ2n) is 8.92. The first kappa shape index (κ1) is 24.2. The number of sulfone groups is 1. The lowest BCUT2D eigenvalue weighted by molar-refractivity contribution is 0.0741. The minimum Gasteiger partial charge on any atom is -0.384 e. The van der Waals surface area contributed by atoms with Crippen LogP contribution < -0.4 is 0 Å². The summed E-state index contributed by atoms with van der Waals surface area (Å²) < 4.78 is 25.8. The molecule has 0 bridgehead atoms. The Morgan fingerprint density at radius 3 is 2.26 bits per heavy atom. The number of hydrogen-bond donors (Lipinski definition) is 1. The van der Waals surface area contributed by atoms with Gasteiger partial charge in [0.1, 0.15) is 11.4 Å². The van der Waals surface area contributed by atoms with Gasteiger partial charge in [-0.1, -0.05) is 54.6 Å². The summed E-state index contributed by atoms with van der Waals surface area (Å²) in [4.78, 5) is 4.97. The SMILES string of the molecule is CC(C)(O)c1cn(-c2ccc(-c3cccc(S(C)(=O)=O)c3)cc2)c(C(Cl)Cc2ccccc2)n1. The van der Waals surface area contributed by atoms with Crippen LogP contribution in [0.3, 0.4) is 0 Å². The Labute approximate surface area is 205 Å². The molecule has 0 saturated carbocycles. The number of alkyl halides is 1. The van der Waals surface area contributed by atoms with Crippen molar-refractivity contribution in [2.75, 3.05) is 6.26 Å². The molecule has 176 valence electrons. The van der Waals surface area contributed by atoms with Crippen LogP contribution >= 0.6 is 11.6 Å². The van der Waals surface area contributed by atoms with E-state index in [9.17, 15) is 13.5 Å². The number of imidazole rings is 1. The number of aromatic nitrogens is 2. The third-order valence-corrected chi connectivity index (χ3v) is 7.10. The summed E-state index contributed by atoms with van der Waals surface area (Å²) in [6.07, 6.45) is 3.62. The van der Waals surface area contributed by atoms with Crippen molar-refractivity contribution in [3.63, 3.8) is 0 Å². The molecule has 0 radical (unpaired) electrons. The molecule has 1 atom stereocenters. The fourth-order valence-corrected chi connectivity index (χ4v) is 4.75. The largest absolute Gasteiger partial charge is 0.384 e. The normalized spacial score (nSPS) is 13.1. The van der Waals surface area contributed by atoms with Gasteiger partial charge in [-0.2, -0.15) is 0 Å². The first-order valence-corrected chi connectivity index (χ1v) is 13.3. The van der Waals surface area contributed by atoms with Crippen LogP contribution in [0.2, 0.25) is 0 Å². The molecule has 1 aromatic heterocycles. The van der Waals surface area contributed by atoms with Crippen LogP contribution in [0.15, 0.2) is 90.0 Å². The van der Waals surface area contributed by atoms with Gasteiger partial charge in [-0.25, -0.2) is 13.4 Å². The Balaban J connectivity index is 1.70. The topological polar surface area (TPSA) is 72.2 Å². The van der Waals surface area contributed by atoms with Crippen molar-refractivity contribution in [1.29, 1.82) is 0 Å². The molecule has 0 saturated heterocycles. The second kappa shape index (κ2) is 9.37. The summed E-state index contributed by atoms with van der Waals surface area (Å²) in [5, 5.41) is 10.2. The molecule has 1 heterocycles. The molecule has 3 aromatic carbocycles. The lowest BCUT2D eigenvalue weighted by Gasteiger charge is -2.13. The Bertz CT molecular complexity index is 1390. The number of nitrogens with zero attached hydrogens (tertiary/aromatic N) is 2. The lowest BCUT2D eigenvalue weighted by atomic mass is 10.1. The van der Waals surface area contributed by atoms with Crippen molar-refractivity contribution < 1.29 is 13.5 Å². The van der Waals surface area contributed by atoms with Crippen molar-refractivity contribution >= 4 is 21.4 Å². The number of aliphatic hydroxyl groups is 1. The molecule has 1 unspecified atom stereocenters. The van der Waals surface area contributed by atoms with Crippen LogP contribution in [0.25, 0.3) is 16.8 Å². The van der Waals surface area contributed by atoms with Gasteiger partial charge < -0.3 is 9.67 Å². The zero-order valence-electron chi connectivity index (χ0n) is 19.3. The quantitative estimate of drug-likeness (QED) is 0.335. The molecule has 4 aromatic rings. The molecule has 0 amide bonds. The van der Waals surface area contributed by atoms with Crippen molar-refractivity contribution in [3.8, 4) is 16.8 Å². The summed E-state index contributed by atoms with van der Waals surface area (Å²) in [6.45, 7) is 3.39. The van der Waals surface area contributed by atoms with E-state index in [1.54, 1.807) is 32.0 Å². The van der Waals surface area contributed by atoms with E-state index in [-0.39, 0.29) is 4.90 Å². The Hall–Kier alpha value is -2.93. The summed E-state index contributed by atoms with van der Waals surface area (Å²) in [5.41, 5.74) is 3.08. The van der Waals surface area contributed by atoms with Gasteiger partial charge in [0.05, 0.1) is 16.0 Å². The van der Waals surface area contributed by atoms with Crippen molar-refractivity contribution in [1.82, 2.24) is 9.55 Å². The van der Waals surface area contributed by atoms with E-state index in [0.717, 1.165) is 22.4 Å². The van der Waals surface area contributed by atoms with Crippen LogP contribution in [0.5, 0.6) is 0 Å². The Morgan fingerprint density at radius 2 is 1.65 bits per heavy atom. The molecule has 0 aliphatic carbocycles. The smallest absolute Gasteiger partial charge is 0.175 e. The van der Waals surface area contributed by atoms with Crippen LogP contribution in [0.1, 0.15) is 36.3 Å². The van der Waals surface area contributed by atoms with E-state index in [4.69, 9.17) is 11.6 Å². The van der Waals surface area contributed by atoms with Gasteiger partial charge in [-0.05, 0) is 61.2 Å². The van der Waals surface area contributed by atoms with Gasteiger partial charge >= 0.3 is 0 Å². The number of rotatable bonds is 7. The molecule has 1 N–H and O–H groups in total. The van der Waals surface area contributed by atoms with Crippen molar-refractivity contribution in [2.45, 2.75) is 36.1 Å². The third-order valence-electron chi connectivity index (χ3n) is 5.64. The van der Waals surface area contributed by atoms with E-state index in [0.29, 0.717) is 17.9 Å². The van der Waals surface area contributed by atoms with Gasteiger partial charge in [0.2, 0.25) is 0 Å². The molecule has 7 heteroatoms. The Kier molecular flexibility index (Phi) is 6.67. The highest BCUT2D eigenvalue weighted by Crippen LogP contribution is 2.31. The monoisotopic (exact) mass is 494 g/mol. The van der Waals surface area contributed by atoms with E-state index in [1.165, 1.54) is 6.26 Å². The van der Waals surface area contributed by atoms with Crippen LogP contribution in [0.4, 0.5) is 0 Å². The van der Waals surface area contributed by atoms with Gasteiger partial charge in [-0.3, -0.25) is 0 Å². The molecular weight excluding hydrogens is 468 g/mol. The predicted molar refractivity (Wildman–Crippen MR) is 136 cm³/mol. The highest BCUT2D eigenvalue weighted by molar-refractivity contribution is 7.90. The number of halogens is 1. The summed E-state index contributed by atoms with van der Waals surface area (Å²) >= 11 is 6.82. The van der Waals surface area contributed by atoms with Gasteiger partial charge in [0.15, 0.2) is 9.84 Å². The summed E-state index contributed by atoms with van der Waals surface area (Å²) in [7, 11) is -3.29. The van der Waals surface area contributed by atoms with Crippen LogP contribution in [-0.4, -0.2) is 29.3 Å². The molecular formula is C27H27ClN2O3S. The lowest BCUT2D eigenvalue weighted by Crippen LogP contribution is -2.16. The standard InChI is InChI=1S/C27H27ClN2O3S/c1-27(2,31)25-18-30(26(29-25)24(28)16-19-8-5-4-6-9-19)22-14-12-20(13-15-22)21-10-7-11-23(17-21)34(3,32)33/h4-15,17-18,24,31H,16H2,1-3H3. The zero-order chi connectivity index (χ0) is 24.5. The second-order valence-corrected chi connectivity index (χ2v) is 11.5. The van der Waals surface area contributed by atoms with Crippen LogP contribution in [-0.2, 0) is 21.9 Å². The van der Waals surface area contributed by atoms with Gasteiger partial charge in [-0.15, -0.1) is 11.6 Å². The molecule has 0 fully saturated rings. The molecule has 5 nitrogen and oxygen atoms in total. The summed E-state index contributed by atoms with van der Waals surface area (Å²) in [5.74, 6) is 0.648. The highest BCUT2D eigenvalue weighted by Gasteiger charge is 2.25. The average molecular weight is 495 g/mol. The first-order valence-electron chi connectivity index (χ1n) is 10.9. The summed E-state index contributed by atoms with van der Waals surface area (Å²) in [6, 6.07) is 24.6. The van der Waals surface area contributed by atoms with Crippen molar-refractivity contribution in [2.24, 2.45) is 0 Å². The predicted octanol–water partition coefficient (Wildman–Crippen LogP) is 5.69. The molecule has 0 spiro atoms. The third kappa shape index (κ3) is 5.41. The zero-order valence-corrected chi connectivity index (χ0v) is 20.9. The molecule has 0 aliphatic heterocycles. The molecule has 4 rings (SSSR count). The minimum absolute atomic E-state index is 0.284. The Morgan fingerprint density at radius 1 is 0.971 bits per heavy atom. The van der Waals surface area contributed by atoms with E-state index in [1.807, 2.05) is 71.4 Å². The van der Waals surface area contributed by atoms with Gasteiger partial charge in [0, 0.05) is 18.1 Å². The number of benzene rings is 3. The maximum Gasteiger partial charge on any atom is 0.175 e. The molecule has 0 aliphatic rings. The van der Waals surface area contributed by atoms with Crippen LogP contribution in [0, 0.1) is 0 Å². The maximum atomic E-state index is 11.9. The number of hydrogen-bond acceptors (Lipinski definition) is 4. The van der Waals surface area contributed by atoms with E-state index >= 15 is 0 Å². The molecule has 34 heavy (non-hydrogen) atoms.